The lowest BCUT2D eigenvalue weighted by Crippen LogP contribution is -2.23. The lowest BCUT2D eigenvalue weighted by molar-refractivity contribution is -0.116. The van der Waals surface area contributed by atoms with Crippen LogP contribution >= 0.6 is 0 Å². The van der Waals surface area contributed by atoms with Crippen LogP contribution in [0.2, 0.25) is 0 Å². The predicted molar refractivity (Wildman–Crippen MR) is 133 cm³/mol. The molecular weight excluding hydrogens is 410 g/mol. The Balaban J connectivity index is 1.50. The van der Waals surface area contributed by atoms with Crippen LogP contribution in [0.25, 0.3) is 0 Å². The van der Waals surface area contributed by atoms with Gasteiger partial charge in [-0.3, -0.25) is 4.79 Å². The Morgan fingerprint density at radius 1 is 0.818 bits per heavy atom. The molecule has 0 bridgehead atoms. The molecule has 0 unspecified atom stereocenters. The number of para-hydroxylation sites is 1. The van der Waals surface area contributed by atoms with Crippen LogP contribution in [0.4, 0.5) is 5.69 Å². The number of carbonyl (C=O) groups is 1. The number of hydrogen-bond donors (Lipinski definition) is 1. The number of rotatable bonds is 15. The third-order valence-corrected chi connectivity index (χ3v) is 5.87. The molecule has 0 fully saturated rings. The van der Waals surface area contributed by atoms with Gasteiger partial charge in [0.15, 0.2) is 5.82 Å². The smallest absolute Gasteiger partial charge is 0.239 e. The first-order valence-electron chi connectivity index (χ1n) is 12.5. The van der Waals surface area contributed by atoms with Crippen molar-refractivity contribution in [3.63, 3.8) is 0 Å². The summed E-state index contributed by atoms with van der Waals surface area (Å²) in [5.41, 5.74) is 1.60. The molecule has 3 rings (SSSR count). The van der Waals surface area contributed by atoms with Gasteiger partial charge in [-0.15, -0.1) is 10.2 Å². The third-order valence-electron chi connectivity index (χ3n) is 5.87. The fourth-order valence-corrected chi connectivity index (χ4v) is 4.01. The summed E-state index contributed by atoms with van der Waals surface area (Å²) in [5.74, 6) is -0.333. The van der Waals surface area contributed by atoms with Gasteiger partial charge in [-0.05, 0) is 29.3 Å². The lowest BCUT2D eigenvalue weighted by atomic mass is 9.97. The van der Waals surface area contributed by atoms with Crippen molar-refractivity contribution in [1.82, 2.24) is 20.2 Å². The van der Waals surface area contributed by atoms with Gasteiger partial charge in [-0.25, -0.2) is 0 Å². The maximum absolute atomic E-state index is 13.1. The molecule has 0 aliphatic carbocycles. The van der Waals surface area contributed by atoms with Gasteiger partial charge in [-0.2, -0.15) is 4.80 Å². The SMILES string of the molecule is CCCCCCCCCCCCn1nnc([C@H](C(=O)Nc2ccccc2)c2ccccc2)n1. The first-order valence-corrected chi connectivity index (χ1v) is 12.5. The Kier molecular flexibility index (Phi) is 10.6. The van der Waals surface area contributed by atoms with E-state index in [9.17, 15) is 4.79 Å². The van der Waals surface area contributed by atoms with Gasteiger partial charge < -0.3 is 5.32 Å². The van der Waals surface area contributed by atoms with Crippen molar-refractivity contribution in [3.05, 3.63) is 72.1 Å². The van der Waals surface area contributed by atoms with Crippen molar-refractivity contribution in [1.29, 1.82) is 0 Å². The highest BCUT2D eigenvalue weighted by Gasteiger charge is 2.27. The Morgan fingerprint density at radius 2 is 1.39 bits per heavy atom. The fourth-order valence-electron chi connectivity index (χ4n) is 4.01. The summed E-state index contributed by atoms with van der Waals surface area (Å²) in [6.45, 7) is 2.99. The number of benzene rings is 2. The van der Waals surface area contributed by atoms with E-state index in [2.05, 4.69) is 27.7 Å². The molecule has 1 amide bonds. The van der Waals surface area contributed by atoms with Crippen molar-refractivity contribution in [2.75, 3.05) is 5.32 Å². The molecule has 0 aliphatic heterocycles. The van der Waals surface area contributed by atoms with Gasteiger partial charge >= 0.3 is 0 Å². The van der Waals surface area contributed by atoms with Crippen molar-refractivity contribution >= 4 is 11.6 Å². The topological polar surface area (TPSA) is 72.7 Å². The maximum atomic E-state index is 13.1. The van der Waals surface area contributed by atoms with Gasteiger partial charge in [0.25, 0.3) is 0 Å². The van der Waals surface area contributed by atoms with Gasteiger partial charge in [0.1, 0.15) is 5.92 Å². The van der Waals surface area contributed by atoms with E-state index in [1.807, 2.05) is 60.7 Å². The molecule has 6 heteroatoms. The molecule has 1 atom stereocenters. The van der Waals surface area contributed by atoms with Gasteiger partial charge in [-0.1, -0.05) is 113 Å². The molecule has 176 valence electrons. The minimum absolute atomic E-state index is 0.161. The number of aromatic nitrogens is 4. The van der Waals surface area contributed by atoms with Crippen LogP contribution in [0.5, 0.6) is 0 Å². The zero-order chi connectivity index (χ0) is 23.1. The Labute approximate surface area is 197 Å². The average molecular weight is 448 g/mol. The number of aryl methyl sites for hydroxylation is 1. The second-order valence-electron chi connectivity index (χ2n) is 8.62. The summed E-state index contributed by atoms with van der Waals surface area (Å²) in [7, 11) is 0. The normalized spacial score (nSPS) is 11.9. The summed E-state index contributed by atoms with van der Waals surface area (Å²) in [5, 5.41) is 16.0. The van der Waals surface area contributed by atoms with Crippen molar-refractivity contribution < 1.29 is 4.79 Å². The Morgan fingerprint density at radius 3 is 2.03 bits per heavy atom. The molecule has 1 N–H and O–H groups in total. The molecule has 0 radical (unpaired) electrons. The van der Waals surface area contributed by atoms with Crippen LogP contribution in [-0.2, 0) is 11.3 Å². The number of amides is 1. The quantitative estimate of drug-likeness (QED) is 0.275. The number of tetrazole rings is 1. The highest BCUT2D eigenvalue weighted by molar-refractivity contribution is 5.97. The lowest BCUT2D eigenvalue weighted by Gasteiger charge is -2.14. The fraction of sp³-hybridized carbons (Fsp3) is 0.481. The van der Waals surface area contributed by atoms with E-state index < -0.39 is 5.92 Å². The Hall–Kier alpha value is -3.02. The second kappa shape index (κ2) is 14.2. The van der Waals surface area contributed by atoms with Crippen molar-refractivity contribution in [3.8, 4) is 0 Å². The van der Waals surface area contributed by atoms with Crippen LogP contribution in [0.15, 0.2) is 60.7 Å². The standard InChI is InChI=1S/C27H37N5O/c1-2-3-4-5-6-7-8-9-10-17-22-32-30-26(29-31-32)25(23-18-13-11-14-19-23)27(33)28-24-20-15-12-16-21-24/h11-16,18-21,25H,2-10,17,22H2,1H3,(H,28,33)/t25-/m1/s1. The second-order valence-corrected chi connectivity index (χ2v) is 8.62. The number of unbranched alkanes of at least 4 members (excludes halogenated alkanes) is 9. The van der Waals surface area contributed by atoms with Crippen molar-refractivity contribution in [2.24, 2.45) is 0 Å². The third kappa shape index (κ3) is 8.44. The van der Waals surface area contributed by atoms with Crippen LogP contribution in [0.3, 0.4) is 0 Å². The molecular formula is C27H37N5O. The van der Waals surface area contributed by atoms with E-state index >= 15 is 0 Å². The minimum Gasteiger partial charge on any atom is -0.325 e. The monoisotopic (exact) mass is 447 g/mol. The largest absolute Gasteiger partial charge is 0.325 e. The van der Waals surface area contributed by atoms with Crippen molar-refractivity contribution in [2.45, 2.75) is 83.6 Å². The van der Waals surface area contributed by atoms with E-state index in [0.717, 1.165) is 24.2 Å². The minimum atomic E-state index is -0.604. The molecule has 0 saturated heterocycles. The highest BCUT2D eigenvalue weighted by atomic mass is 16.2. The van der Waals surface area contributed by atoms with Crippen LogP contribution in [0.1, 0.15) is 88.4 Å². The molecule has 0 aliphatic rings. The number of carbonyl (C=O) groups excluding carboxylic acids is 1. The van der Waals surface area contributed by atoms with Crippen LogP contribution in [0, 0.1) is 0 Å². The summed E-state index contributed by atoms with van der Waals surface area (Å²) < 4.78 is 0. The first kappa shape index (κ1) is 24.6. The number of nitrogens with zero attached hydrogens (tertiary/aromatic N) is 4. The first-order chi connectivity index (χ1) is 16.3. The molecule has 1 heterocycles. The molecule has 1 aromatic heterocycles. The zero-order valence-corrected chi connectivity index (χ0v) is 19.8. The van der Waals surface area contributed by atoms with Crippen LogP contribution in [-0.4, -0.2) is 26.1 Å². The van der Waals surface area contributed by atoms with E-state index in [-0.39, 0.29) is 5.91 Å². The van der Waals surface area contributed by atoms with E-state index in [0.29, 0.717) is 5.82 Å². The summed E-state index contributed by atoms with van der Waals surface area (Å²) in [6, 6.07) is 19.1. The number of hydrogen-bond acceptors (Lipinski definition) is 4. The van der Waals surface area contributed by atoms with Crippen LogP contribution < -0.4 is 5.32 Å². The number of anilines is 1. The molecule has 33 heavy (non-hydrogen) atoms. The molecule has 6 nitrogen and oxygen atoms in total. The molecule has 0 saturated carbocycles. The van der Waals surface area contributed by atoms with E-state index in [4.69, 9.17) is 0 Å². The summed E-state index contributed by atoms with van der Waals surface area (Å²) in [4.78, 5) is 14.8. The number of nitrogens with one attached hydrogen (secondary N) is 1. The zero-order valence-electron chi connectivity index (χ0n) is 19.8. The van der Waals surface area contributed by atoms with Gasteiger partial charge in [0.05, 0.1) is 6.54 Å². The van der Waals surface area contributed by atoms with Gasteiger partial charge in [0, 0.05) is 5.69 Å². The van der Waals surface area contributed by atoms with Gasteiger partial charge in [0.2, 0.25) is 5.91 Å². The van der Waals surface area contributed by atoms with E-state index in [1.165, 1.54) is 57.8 Å². The molecule has 0 spiro atoms. The Bertz CT molecular complexity index is 926. The maximum Gasteiger partial charge on any atom is 0.239 e. The molecule has 3 aromatic rings. The molecule has 2 aromatic carbocycles. The average Bonchev–Trinajstić information content (AvgIpc) is 3.30. The highest BCUT2D eigenvalue weighted by Crippen LogP contribution is 2.23. The summed E-state index contributed by atoms with van der Waals surface area (Å²) in [6.07, 6.45) is 12.9. The predicted octanol–water partition coefficient (Wildman–Crippen LogP) is 6.36. The summed E-state index contributed by atoms with van der Waals surface area (Å²) >= 11 is 0. The van der Waals surface area contributed by atoms with E-state index in [1.54, 1.807) is 4.80 Å².